The van der Waals surface area contributed by atoms with Crippen LogP contribution in [0.5, 0.6) is 5.75 Å². The quantitative estimate of drug-likeness (QED) is 0.554. The van der Waals surface area contributed by atoms with Crippen LogP contribution in [0.2, 0.25) is 0 Å². The van der Waals surface area contributed by atoms with Gasteiger partial charge in [0.2, 0.25) is 11.1 Å². The Balaban J connectivity index is -0.000000563. The van der Waals surface area contributed by atoms with E-state index < -0.39 is 0 Å². The van der Waals surface area contributed by atoms with Crippen LogP contribution in [0.1, 0.15) is 0 Å². The summed E-state index contributed by atoms with van der Waals surface area (Å²) in [4.78, 5) is 5.05. The first-order valence-electron chi connectivity index (χ1n) is 3.89. The molecular formula is C9H13Cl2N3OZn. The van der Waals surface area contributed by atoms with Crippen molar-refractivity contribution in [3.63, 3.8) is 0 Å². The van der Waals surface area contributed by atoms with Gasteiger partial charge in [0, 0.05) is 51.4 Å². The number of benzene rings is 1. The van der Waals surface area contributed by atoms with Gasteiger partial charge in [0.05, 0.1) is 7.11 Å². The maximum Gasteiger partial charge on any atom is 0.426 e. The fourth-order valence-electron chi connectivity index (χ4n) is 1.03. The maximum absolute atomic E-state index is 8.61. The van der Waals surface area contributed by atoms with Crippen LogP contribution in [-0.4, -0.2) is 21.2 Å². The van der Waals surface area contributed by atoms with Gasteiger partial charge in [-0.2, -0.15) is 0 Å². The Morgan fingerprint density at radius 1 is 1.31 bits per heavy atom. The first kappa shape index (κ1) is 20.8. The monoisotopic (exact) mass is 313 g/mol. The van der Waals surface area contributed by atoms with Gasteiger partial charge in [-0.25, -0.2) is 0 Å². The topological polar surface area (TPSA) is 40.6 Å². The van der Waals surface area contributed by atoms with Crippen LogP contribution < -0.4 is 22.0 Å². The van der Waals surface area contributed by atoms with E-state index in [0.29, 0.717) is 11.4 Å². The number of hydrogen-bond acceptors (Lipinski definition) is 3. The van der Waals surface area contributed by atoms with E-state index in [9.17, 15) is 0 Å². The van der Waals surface area contributed by atoms with E-state index in [4.69, 9.17) is 10.1 Å². The molecule has 1 rings (SSSR count). The fourth-order valence-corrected chi connectivity index (χ4v) is 1.03. The Kier molecular flexibility index (Phi) is 12.6. The maximum atomic E-state index is 8.61. The normalized spacial score (nSPS) is 7.38. The first-order chi connectivity index (χ1) is 6.19. The fraction of sp³-hybridized carbons (Fsp3) is 0.333. The molecule has 0 bridgehead atoms. The molecule has 0 heterocycles. The van der Waals surface area contributed by atoms with E-state index in [-0.39, 0.29) is 44.3 Å². The number of ether oxygens (including phenoxy) is 1. The van der Waals surface area contributed by atoms with Gasteiger partial charge >= 0.3 is 5.69 Å². The molecule has 0 radical (unpaired) electrons. The van der Waals surface area contributed by atoms with E-state index >= 15 is 0 Å². The van der Waals surface area contributed by atoms with Gasteiger partial charge in [0.15, 0.2) is 4.98 Å². The van der Waals surface area contributed by atoms with Crippen molar-refractivity contribution in [1.29, 1.82) is 5.39 Å². The van der Waals surface area contributed by atoms with E-state index in [1.807, 2.05) is 31.1 Å². The zero-order chi connectivity index (χ0) is 9.84. The van der Waals surface area contributed by atoms with E-state index in [1.165, 1.54) is 0 Å². The summed E-state index contributed by atoms with van der Waals surface area (Å²) in [5.41, 5.74) is 1.44. The second-order valence-electron chi connectivity index (χ2n) is 2.85. The van der Waals surface area contributed by atoms with Crippen LogP contribution in [0.25, 0.3) is 4.98 Å². The predicted molar refractivity (Wildman–Crippen MR) is 59.3 cm³/mol. The summed E-state index contributed by atoms with van der Waals surface area (Å²) in [5, 5.41) is 8.61. The molecule has 0 aliphatic heterocycles. The molecular weight excluding hydrogens is 302 g/mol. The average Bonchev–Trinajstić information content (AvgIpc) is 2.16. The summed E-state index contributed by atoms with van der Waals surface area (Å²) in [5.74, 6) is 0.564. The molecule has 4 nitrogen and oxygen atoms in total. The minimum atomic E-state index is 0. The molecule has 1 aromatic carbocycles. The summed E-state index contributed by atoms with van der Waals surface area (Å²) < 4.78 is 5.05. The van der Waals surface area contributed by atoms with Gasteiger partial charge in [0.1, 0.15) is 0 Å². The Morgan fingerprint density at radius 2 is 1.88 bits per heavy atom. The van der Waals surface area contributed by atoms with Crippen molar-refractivity contribution < 1.29 is 36.6 Å². The van der Waals surface area contributed by atoms with E-state index in [0.717, 1.165) is 5.69 Å². The van der Waals surface area contributed by atoms with E-state index in [1.54, 1.807) is 13.2 Å². The van der Waals surface area contributed by atoms with Gasteiger partial charge in [-0.1, -0.05) is 0 Å². The summed E-state index contributed by atoms with van der Waals surface area (Å²) in [6, 6.07) is 5.38. The molecule has 0 atom stereocenters. The minimum absolute atomic E-state index is 0. The molecule has 0 spiro atoms. The zero-order valence-electron chi connectivity index (χ0n) is 9.48. The molecule has 16 heavy (non-hydrogen) atoms. The Morgan fingerprint density at radius 3 is 2.25 bits per heavy atom. The molecule has 0 unspecified atom stereocenters. The second kappa shape index (κ2) is 9.65. The Bertz CT molecular complexity index is 355. The molecule has 86 valence electrons. The van der Waals surface area contributed by atoms with Gasteiger partial charge in [-0.05, 0) is 6.07 Å². The van der Waals surface area contributed by atoms with Crippen molar-refractivity contribution >= 4 is 23.8 Å². The van der Waals surface area contributed by atoms with Gasteiger partial charge < -0.3 is 22.0 Å². The molecule has 0 aromatic heterocycles. The first-order valence-corrected chi connectivity index (χ1v) is 3.89. The minimum Gasteiger partial charge on any atom is -1.00 e. The van der Waals surface area contributed by atoms with Crippen LogP contribution in [0.15, 0.2) is 18.2 Å². The Hall–Kier alpha value is -0.557. The molecule has 0 amide bonds. The summed E-state index contributed by atoms with van der Waals surface area (Å²) in [7, 11) is 5.42. The standard InChI is InChI=1S/C9H12N3O.2ClH.Zn/c1-12(2)7-4-5-8(11-10)9(6-7)13-3;;;/h4-6H,1-3H3;2*1H;/q+1;;;/p-1. The van der Waals surface area contributed by atoms with E-state index in [2.05, 4.69) is 4.98 Å². The molecule has 7 heteroatoms. The molecule has 0 aliphatic rings. The smallest absolute Gasteiger partial charge is 0.426 e. The van der Waals surface area contributed by atoms with Crippen LogP contribution in [0.4, 0.5) is 11.4 Å². The number of diazo groups is 1. The summed E-state index contributed by atoms with van der Waals surface area (Å²) in [6.07, 6.45) is 0. The van der Waals surface area contributed by atoms with Gasteiger partial charge in [-0.3, -0.25) is 0 Å². The largest absolute Gasteiger partial charge is 1.00 e. The molecule has 0 N–H and O–H groups in total. The van der Waals surface area contributed by atoms with Crippen molar-refractivity contribution in [2.45, 2.75) is 0 Å². The van der Waals surface area contributed by atoms with Crippen LogP contribution in [0.3, 0.4) is 0 Å². The van der Waals surface area contributed by atoms with Crippen LogP contribution in [0, 0.1) is 5.39 Å². The third-order valence-corrected chi connectivity index (χ3v) is 1.79. The second-order valence-corrected chi connectivity index (χ2v) is 2.85. The third-order valence-electron chi connectivity index (χ3n) is 1.79. The molecule has 0 fully saturated rings. The number of hydrogen-bond donors (Lipinski definition) is 0. The SMILES string of the molecule is COc1cc(N(C)C)ccc1[N+]#N.Cl.[Cl-].[Zn]. The number of rotatable bonds is 2. The van der Waals surface area contributed by atoms with Crippen LogP contribution in [-0.2, 0) is 19.5 Å². The Labute approximate surface area is 121 Å². The molecule has 0 aliphatic carbocycles. The van der Waals surface area contributed by atoms with Crippen molar-refractivity contribution in [3.05, 3.63) is 23.2 Å². The zero-order valence-corrected chi connectivity index (χ0v) is 14.0. The molecule has 0 saturated carbocycles. The van der Waals surface area contributed by atoms with Gasteiger partial charge in [0.25, 0.3) is 0 Å². The summed E-state index contributed by atoms with van der Waals surface area (Å²) >= 11 is 0. The summed E-state index contributed by atoms with van der Waals surface area (Å²) in [6.45, 7) is 0. The number of halogens is 2. The number of anilines is 1. The van der Waals surface area contributed by atoms with Crippen molar-refractivity contribution in [3.8, 4) is 5.75 Å². The van der Waals surface area contributed by atoms with Gasteiger partial charge in [-0.15, -0.1) is 12.4 Å². The van der Waals surface area contributed by atoms with Crippen molar-refractivity contribution in [2.24, 2.45) is 0 Å². The molecule has 1 aromatic rings. The van der Waals surface area contributed by atoms with Crippen molar-refractivity contribution in [2.75, 3.05) is 26.1 Å². The number of methoxy groups -OCH3 is 1. The van der Waals surface area contributed by atoms with Crippen LogP contribution >= 0.6 is 12.4 Å². The predicted octanol–water partition coefficient (Wildman–Crippen LogP) is -0.331. The average molecular weight is 316 g/mol. The number of nitrogens with zero attached hydrogens (tertiary/aromatic N) is 3. The van der Waals surface area contributed by atoms with Crippen molar-refractivity contribution in [1.82, 2.24) is 0 Å². The third kappa shape index (κ3) is 4.98. The molecule has 0 saturated heterocycles.